The number of thioether (sulfide) groups is 1. The molecule has 0 bridgehead atoms. The normalized spacial score (nSPS) is 20.1. The minimum Gasteiger partial charge on any atom is -0.469 e. The van der Waals surface area contributed by atoms with Gasteiger partial charge in [0, 0.05) is 6.54 Å². The second-order valence-electron chi connectivity index (χ2n) is 3.22. The molecule has 0 aromatic rings. The predicted octanol–water partition coefficient (Wildman–Crippen LogP) is 1.19. The van der Waals surface area contributed by atoms with Gasteiger partial charge in [0.05, 0.1) is 13.5 Å². The molecule has 2 amide bonds. The van der Waals surface area contributed by atoms with Gasteiger partial charge in [-0.25, -0.2) is 0 Å². The van der Waals surface area contributed by atoms with Gasteiger partial charge in [0.25, 0.3) is 5.24 Å². The summed E-state index contributed by atoms with van der Waals surface area (Å²) in [5.41, 5.74) is 0. The van der Waals surface area contributed by atoms with E-state index < -0.39 is 11.2 Å². The quantitative estimate of drug-likeness (QED) is 0.536. The van der Waals surface area contributed by atoms with Crippen molar-refractivity contribution in [2.24, 2.45) is 0 Å². The van der Waals surface area contributed by atoms with Crippen LogP contribution in [0.4, 0.5) is 4.79 Å². The van der Waals surface area contributed by atoms with Crippen molar-refractivity contribution < 1.29 is 19.1 Å². The second-order valence-corrected chi connectivity index (χ2v) is 4.37. The number of carbonyl (C=O) groups is 3. The largest absolute Gasteiger partial charge is 0.469 e. The third-order valence-corrected chi connectivity index (χ3v) is 3.22. The summed E-state index contributed by atoms with van der Waals surface area (Å²) >= 11 is 0.878. The number of imide groups is 1. The Morgan fingerprint density at radius 2 is 2.31 bits per heavy atom. The molecule has 16 heavy (non-hydrogen) atoms. The van der Waals surface area contributed by atoms with E-state index in [2.05, 4.69) is 11.3 Å². The van der Waals surface area contributed by atoms with E-state index in [0.717, 1.165) is 16.7 Å². The summed E-state index contributed by atoms with van der Waals surface area (Å²) in [5, 5.41) is -0.939. The molecule has 0 aliphatic carbocycles. The van der Waals surface area contributed by atoms with E-state index >= 15 is 0 Å². The zero-order valence-electron chi connectivity index (χ0n) is 8.97. The highest BCUT2D eigenvalue weighted by atomic mass is 32.2. The van der Waals surface area contributed by atoms with Crippen LogP contribution in [-0.4, -0.2) is 40.9 Å². The Balaban J connectivity index is 2.59. The number of hydrogen-bond acceptors (Lipinski definition) is 5. The number of rotatable bonds is 5. The highest BCUT2D eigenvalue weighted by Gasteiger charge is 2.40. The lowest BCUT2D eigenvalue weighted by atomic mass is 10.2. The number of ether oxygens (including phenoxy) is 1. The first kappa shape index (κ1) is 12.8. The second kappa shape index (κ2) is 5.69. The molecule has 88 valence electrons. The van der Waals surface area contributed by atoms with E-state index in [9.17, 15) is 14.4 Å². The van der Waals surface area contributed by atoms with Gasteiger partial charge in [0.15, 0.2) is 0 Å². The van der Waals surface area contributed by atoms with Crippen molar-refractivity contribution in [1.82, 2.24) is 4.90 Å². The lowest BCUT2D eigenvalue weighted by Crippen LogP contribution is -2.33. The third kappa shape index (κ3) is 2.85. The molecule has 0 N–H and O–H groups in total. The molecule has 1 atom stereocenters. The van der Waals surface area contributed by atoms with Crippen LogP contribution in [0.2, 0.25) is 0 Å². The Morgan fingerprint density at radius 3 is 2.88 bits per heavy atom. The van der Waals surface area contributed by atoms with Crippen molar-refractivity contribution in [3.8, 4) is 0 Å². The van der Waals surface area contributed by atoms with Gasteiger partial charge in [-0.15, -0.1) is 6.58 Å². The highest BCUT2D eigenvalue weighted by Crippen LogP contribution is 2.29. The zero-order valence-corrected chi connectivity index (χ0v) is 9.79. The first-order chi connectivity index (χ1) is 7.60. The molecule has 1 saturated heterocycles. The van der Waals surface area contributed by atoms with Crippen molar-refractivity contribution >= 4 is 28.9 Å². The van der Waals surface area contributed by atoms with Gasteiger partial charge in [-0.05, 0) is 6.42 Å². The molecule has 0 spiro atoms. The van der Waals surface area contributed by atoms with E-state index in [1.807, 2.05) is 0 Å². The molecule has 1 heterocycles. The Bertz CT molecular complexity index is 329. The molecule has 0 aromatic carbocycles. The van der Waals surface area contributed by atoms with Crippen molar-refractivity contribution in [1.29, 1.82) is 0 Å². The average Bonchev–Trinajstić information content (AvgIpc) is 2.52. The highest BCUT2D eigenvalue weighted by molar-refractivity contribution is 8.15. The fourth-order valence-corrected chi connectivity index (χ4v) is 2.28. The van der Waals surface area contributed by atoms with Gasteiger partial charge >= 0.3 is 5.97 Å². The third-order valence-electron chi connectivity index (χ3n) is 2.14. The molecule has 0 saturated carbocycles. The molecular formula is C10H13NO4S. The fourth-order valence-electron chi connectivity index (χ4n) is 1.29. The molecular weight excluding hydrogens is 230 g/mol. The van der Waals surface area contributed by atoms with Crippen LogP contribution in [0.5, 0.6) is 0 Å². The van der Waals surface area contributed by atoms with Crippen LogP contribution < -0.4 is 0 Å². The van der Waals surface area contributed by atoms with Gasteiger partial charge in [0.2, 0.25) is 5.91 Å². The summed E-state index contributed by atoms with van der Waals surface area (Å²) in [7, 11) is 1.25. The number of carbonyl (C=O) groups excluding carboxylic acids is 3. The minimum absolute atomic E-state index is 0.0592. The maximum atomic E-state index is 11.7. The van der Waals surface area contributed by atoms with Gasteiger partial charge in [-0.1, -0.05) is 17.8 Å². The first-order valence-electron chi connectivity index (χ1n) is 4.79. The summed E-state index contributed by atoms with van der Waals surface area (Å²) in [6.45, 7) is 3.85. The van der Waals surface area contributed by atoms with E-state index in [1.165, 1.54) is 7.11 Å². The fraction of sp³-hybridized carbons (Fsp3) is 0.500. The molecule has 0 aromatic heterocycles. The van der Waals surface area contributed by atoms with Crippen molar-refractivity contribution in [2.45, 2.75) is 18.1 Å². The Morgan fingerprint density at radius 1 is 1.62 bits per heavy atom. The maximum Gasteiger partial charge on any atom is 0.307 e. The molecule has 1 fully saturated rings. The Kier molecular flexibility index (Phi) is 4.54. The first-order valence-corrected chi connectivity index (χ1v) is 5.67. The van der Waals surface area contributed by atoms with Gasteiger partial charge < -0.3 is 4.74 Å². The number of hydrogen-bond donors (Lipinski definition) is 0. The van der Waals surface area contributed by atoms with Gasteiger partial charge in [-0.2, -0.15) is 0 Å². The monoisotopic (exact) mass is 243 g/mol. The van der Waals surface area contributed by atoms with E-state index in [-0.39, 0.29) is 17.6 Å². The van der Waals surface area contributed by atoms with Crippen LogP contribution in [0.25, 0.3) is 0 Å². The van der Waals surface area contributed by atoms with Crippen LogP contribution >= 0.6 is 11.8 Å². The molecule has 1 aliphatic heterocycles. The standard InChI is InChI=1S/C10H13NO4S/c1-3-4-5-11-9(13)7(16-10(11)14)6-8(12)15-2/h3,7H,1,4-6H2,2H3. The molecule has 1 rings (SSSR count). The summed E-state index contributed by atoms with van der Waals surface area (Å²) < 4.78 is 4.46. The molecule has 5 nitrogen and oxygen atoms in total. The molecule has 1 unspecified atom stereocenters. The summed E-state index contributed by atoms with van der Waals surface area (Å²) in [4.78, 5) is 35.3. The van der Waals surface area contributed by atoms with Crippen LogP contribution in [0.3, 0.4) is 0 Å². The van der Waals surface area contributed by atoms with Gasteiger partial charge in [-0.3, -0.25) is 19.3 Å². The molecule has 0 radical (unpaired) electrons. The Labute approximate surface area is 97.8 Å². The smallest absolute Gasteiger partial charge is 0.307 e. The van der Waals surface area contributed by atoms with E-state index in [0.29, 0.717) is 13.0 Å². The van der Waals surface area contributed by atoms with E-state index in [4.69, 9.17) is 0 Å². The minimum atomic E-state index is -0.634. The number of amides is 2. The van der Waals surface area contributed by atoms with Gasteiger partial charge in [0.1, 0.15) is 5.25 Å². The summed E-state index contributed by atoms with van der Waals surface area (Å²) in [6, 6.07) is 0. The van der Waals surface area contributed by atoms with Crippen molar-refractivity contribution in [3.05, 3.63) is 12.7 Å². The zero-order chi connectivity index (χ0) is 12.1. The maximum absolute atomic E-state index is 11.7. The van der Waals surface area contributed by atoms with Crippen molar-refractivity contribution in [3.63, 3.8) is 0 Å². The lowest BCUT2D eigenvalue weighted by Gasteiger charge is -2.11. The average molecular weight is 243 g/mol. The van der Waals surface area contributed by atoms with Crippen LogP contribution in [-0.2, 0) is 14.3 Å². The predicted molar refractivity (Wildman–Crippen MR) is 59.9 cm³/mol. The molecule has 6 heteroatoms. The summed E-state index contributed by atoms with van der Waals surface area (Å²) in [5.74, 6) is -0.800. The van der Waals surface area contributed by atoms with Crippen molar-refractivity contribution in [2.75, 3.05) is 13.7 Å². The van der Waals surface area contributed by atoms with Crippen LogP contribution in [0.15, 0.2) is 12.7 Å². The van der Waals surface area contributed by atoms with Crippen LogP contribution in [0.1, 0.15) is 12.8 Å². The summed E-state index contributed by atoms with van der Waals surface area (Å²) in [6.07, 6.45) is 2.14. The SMILES string of the molecule is C=CCCN1C(=O)SC(CC(=O)OC)C1=O. The van der Waals surface area contributed by atoms with Crippen LogP contribution in [0, 0.1) is 0 Å². The lowest BCUT2D eigenvalue weighted by molar-refractivity contribution is -0.142. The number of methoxy groups -OCH3 is 1. The topological polar surface area (TPSA) is 63.7 Å². The van der Waals surface area contributed by atoms with E-state index in [1.54, 1.807) is 6.08 Å². The molecule has 1 aliphatic rings. The number of nitrogens with zero attached hydrogens (tertiary/aromatic N) is 1. The Hall–Kier alpha value is -1.30. The number of esters is 1.